The van der Waals surface area contributed by atoms with Gasteiger partial charge in [-0.25, -0.2) is 4.79 Å². The highest BCUT2D eigenvalue weighted by Crippen LogP contribution is 2.36. The molecule has 1 aromatic rings. The zero-order valence-corrected chi connectivity index (χ0v) is 15.3. The van der Waals surface area contributed by atoms with Gasteiger partial charge in [-0.1, -0.05) is 0 Å². The largest absolute Gasteiger partial charge is 0.489 e. The first-order chi connectivity index (χ1) is 10.3. The van der Waals surface area contributed by atoms with Crippen LogP contribution in [0.1, 0.15) is 20.8 Å². The molecule has 0 saturated carbocycles. The van der Waals surface area contributed by atoms with Gasteiger partial charge in [0.15, 0.2) is 0 Å². The molecule has 0 aliphatic carbocycles. The number of amides is 1. The molecule has 0 aromatic heterocycles. The van der Waals surface area contributed by atoms with E-state index < -0.39 is 5.60 Å². The van der Waals surface area contributed by atoms with Crippen molar-refractivity contribution in [1.29, 1.82) is 0 Å². The number of piperazine rings is 1. The lowest BCUT2D eigenvalue weighted by Crippen LogP contribution is -2.59. The standard InChI is InChI=1S/C16H21IN2O3/c1-16(2,3)22-15(20)18-6-7-19-12(9-18)10-21-14-8-11(17)4-5-13(14)19/h4-5,8,12H,6-7,9-10H2,1-3H3. The molecule has 1 aromatic carbocycles. The first kappa shape index (κ1) is 15.7. The first-order valence-electron chi connectivity index (χ1n) is 7.50. The maximum Gasteiger partial charge on any atom is 0.410 e. The second kappa shape index (κ2) is 5.79. The van der Waals surface area contributed by atoms with Crippen molar-refractivity contribution in [2.45, 2.75) is 32.4 Å². The van der Waals surface area contributed by atoms with Crippen molar-refractivity contribution in [3.63, 3.8) is 0 Å². The number of rotatable bonds is 0. The van der Waals surface area contributed by atoms with Gasteiger partial charge in [0.1, 0.15) is 18.0 Å². The van der Waals surface area contributed by atoms with Crippen molar-refractivity contribution < 1.29 is 14.3 Å². The molecule has 1 atom stereocenters. The summed E-state index contributed by atoms with van der Waals surface area (Å²) in [5.74, 6) is 0.939. The molecule has 1 unspecified atom stereocenters. The Morgan fingerprint density at radius 2 is 2.14 bits per heavy atom. The van der Waals surface area contributed by atoms with Crippen LogP contribution < -0.4 is 9.64 Å². The van der Waals surface area contributed by atoms with Crippen molar-refractivity contribution in [2.24, 2.45) is 0 Å². The lowest BCUT2D eigenvalue weighted by Gasteiger charge is -2.45. The minimum atomic E-state index is -0.458. The number of fused-ring (bicyclic) bond motifs is 3. The number of benzene rings is 1. The Bertz CT molecular complexity index is 585. The van der Waals surface area contributed by atoms with Gasteiger partial charge in [-0.2, -0.15) is 0 Å². The molecule has 6 heteroatoms. The van der Waals surface area contributed by atoms with E-state index in [1.54, 1.807) is 4.90 Å². The zero-order chi connectivity index (χ0) is 15.9. The number of carbonyl (C=O) groups is 1. The van der Waals surface area contributed by atoms with E-state index in [9.17, 15) is 4.79 Å². The van der Waals surface area contributed by atoms with Crippen LogP contribution in [0.15, 0.2) is 18.2 Å². The fourth-order valence-corrected chi connectivity index (χ4v) is 3.30. The number of halogens is 1. The van der Waals surface area contributed by atoms with Crippen molar-refractivity contribution in [3.05, 3.63) is 21.8 Å². The summed E-state index contributed by atoms with van der Waals surface area (Å²) >= 11 is 2.29. The van der Waals surface area contributed by atoms with Gasteiger partial charge in [0.05, 0.1) is 11.7 Å². The quantitative estimate of drug-likeness (QED) is 0.610. The van der Waals surface area contributed by atoms with Crippen molar-refractivity contribution >= 4 is 34.4 Å². The summed E-state index contributed by atoms with van der Waals surface area (Å²) in [6.45, 7) is 8.40. The molecule has 2 aliphatic heterocycles. The third-order valence-corrected chi connectivity index (χ3v) is 4.47. The topological polar surface area (TPSA) is 42.0 Å². The fourth-order valence-electron chi connectivity index (χ4n) is 2.83. The van der Waals surface area contributed by atoms with Crippen LogP contribution in [-0.2, 0) is 4.74 Å². The van der Waals surface area contributed by atoms with Crippen LogP contribution in [0.4, 0.5) is 10.5 Å². The minimum Gasteiger partial charge on any atom is -0.489 e. The van der Waals surface area contributed by atoms with E-state index in [-0.39, 0.29) is 12.1 Å². The van der Waals surface area contributed by atoms with Gasteiger partial charge in [-0.05, 0) is 61.6 Å². The third-order valence-electron chi connectivity index (χ3n) is 3.80. The fraction of sp³-hybridized carbons (Fsp3) is 0.562. The number of hydrogen-bond acceptors (Lipinski definition) is 4. The van der Waals surface area contributed by atoms with E-state index in [1.807, 2.05) is 20.8 Å². The van der Waals surface area contributed by atoms with Crippen LogP contribution in [0.2, 0.25) is 0 Å². The SMILES string of the molecule is CC(C)(C)OC(=O)N1CCN2c3ccc(I)cc3OCC2C1. The molecule has 120 valence electrons. The summed E-state index contributed by atoms with van der Waals surface area (Å²) in [7, 11) is 0. The summed E-state index contributed by atoms with van der Waals surface area (Å²) < 4.78 is 12.5. The van der Waals surface area contributed by atoms with Crippen molar-refractivity contribution in [3.8, 4) is 5.75 Å². The molecule has 0 radical (unpaired) electrons. The molecule has 0 bridgehead atoms. The third kappa shape index (κ3) is 3.26. The maximum absolute atomic E-state index is 12.2. The number of ether oxygens (including phenoxy) is 2. The molecule has 0 N–H and O–H groups in total. The Kier molecular flexibility index (Phi) is 4.13. The van der Waals surface area contributed by atoms with Gasteiger partial charge in [-0.3, -0.25) is 0 Å². The van der Waals surface area contributed by atoms with Crippen molar-refractivity contribution in [2.75, 3.05) is 31.1 Å². The monoisotopic (exact) mass is 416 g/mol. The van der Waals surface area contributed by atoms with E-state index in [0.29, 0.717) is 19.7 Å². The highest BCUT2D eigenvalue weighted by molar-refractivity contribution is 14.1. The first-order valence-corrected chi connectivity index (χ1v) is 8.58. The van der Waals surface area contributed by atoms with E-state index in [1.165, 1.54) is 3.57 Å². The van der Waals surface area contributed by atoms with Gasteiger partial charge < -0.3 is 19.3 Å². The molecular weight excluding hydrogens is 395 g/mol. The average molecular weight is 416 g/mol. The number of anilines is 1. The van der Waals surface area contributed by atoms with Gasteiger partial charge >= 0.3 is 6.09 Å². The highest BCUT2D eigenvalue weighted by atomic mass is 127. The summed E-state index contributed by atoms with van der Waals surface area (Å²) in [5.41, 5.74) is 0.668. The van der Waals surface area contributed by atoms with Gasteiger partial charge in [0.2, 0.25) is 0 Å². The smallest absolute Gasteiger partial charge is 0.410 e. The number of hydrogen-bond donors (Lipinski definition) is 0. The lowest BCUT2D eigenvalue weighted by atomic mass is 10.1. The van der Waals surface area contributed by atoms with Gasteiger partial charge in [-0.15, -0.1) is 0 Å². The van der Waals surface area contributed by atoms with Crippen LogP contribution in [0, 0.1) is 3.57 Å². The molecule has 1 fully saturated rings. The Balaban J connectivity index is 1.71. The molecule has 5 nitrogen and oxygen atoms in total. The molecule has 22 heavy (non-hydrogen) atoms. The molecule has 2 aliphatic rings. The van der Waals surface area contributed by atoms with Crippen LogP contribution in [0.3, 0.4) is 0 Å². The summed E-state index contributed by atoms with van der Waals surface area (Å²) in [6, 6.07) is 6.44. The predicted octanol–water partition coefficient (Wildman–Crippen LogP) is 3.11. The molecule has 0 spiro atoms. The van der Waals surface area contributed by atoms with Gasteiger partial charge in [0, 0.05) is 23.2 Å². The predicted molar refractivity (Wildman–Crippen MR) is 93.6 cm³/mol. The molecule has 1 amide bonds. The highest BCUT2D eigenvalue weighted by Gasteiger charge is 2.35. The van der Waals surface area contributed by atoms with E-state index in [0.717, 1.165) is 18.0 Å². The van der Waals surface area contributed by atoms with E-state index in [4.69, 9.17) is 9.47 Å². The summed E-state index contributed by atoms with van der Waals surface area (Å²) in [6.07, 6.45) is -0.236. The number of nitrogens with zero attached hydrogens (tertiary/aromatic N) is 2. The normalized spacial score (nSPS) is 20.8. The zero-order valence-electron chi connectivity index (χ0n) is 13.1. The Labute approximate surface area is 144 Å². The molecule has 3 rings (SSSR count). The van der Waals surface area contributed by atoms with Crippen LogP contribution in [-0.4, -0.2) is 48.9 Å². The van der Waals surface area contributed by atoms with Crippen LogP contribution in [0.5, 0.6) is 5.75 Å². The Morgan fingerprint density at radius 1 is 1.36 bits per heavy atom. The Hall–Kier alpha value is -1.18. The second-order valence-corrected chi connectivity index (χ2v) is 7.94. The van der Waals surface area contributed by atoms with Gasteiger partial charge in [0.25, 0.3) is 0 Å². The summed E-state index contributed by atoms with van der Waals surface area (Å²) in [5, 5.41) is 0. The molecular formula is C16H21IN2O3. The molecule has 1 saturated heterocycles. The lowest BCUT2D eigenvalue weighted by molar-refractivity contribution is 0.0195. The summed E-state index contributed by atoms with van der Waals surface area (Å²) in [4.78, 5) is 16.4. The molecule has 2 heterocycles. The number of carbonyl (C=O) groups excluding carboxylic acids is 1. The van der Waals surface area contributed by atoms with E-state index >= 15 is 0 Å². The minimum absolute atomic E-state index is 0.189. The maximum atomic E-state index is 12.2. The van der Waals surface area contributed by atoms with E-state index in [2.05, 4.69) is 45.7 Å². The Morgan fingerprint density at radius 3 is 2.86 bits per heavy atom. The van der Waals surface area contributed by atoms with Crippen LogP contribution in [0.25, 0.3) is 0 Å². The van der Waals surface area contributed by atoms with Crippen molar-refractivity contribution in [1.82, 2.24) is 4.90 Å². The second-order valence-electron chi connectivity index (χ2n) is 6.70. The van der Waals surface area contributed by atoms with Crippen LogP contribution >= 0.6 is 22.6 Å². The average Bonchev–Trinajstić information content (AvgIpc) is 2.44.